The van der Waals surface area contributed by atoms with Crippen LogP contribution in [0.4, 0.5) is 29.5 Å². The third-order valence-corrected chi connectivity index (χ3v) is 4.22. The molecule has 0 saturated carbocycles. The number of aromatic nitrogens is 2. The molecule has 0 saturated heterocycles. The molecule has 30 heavy (non-hydrogen) atoms. The Labute approximate surface area is 170 Å². The van der Waals surface area contributed by atoms with E-state index in [0.29, 0.717) is 23.0 Å². The van der Waals surface area contributed by atoms with Gasteiger partial charge >= 0.3 is 6.03 Å². The van der Waals surface area contributed by atoms with Crippen LogP contribution in [0.5, 0.6) is 0 Å². The standard InChI is InChI=1S/C21H18F3N5O/c1-21(2,3)16-10-17(29(28-16)13-6-4-5-12(9-13)11-25)27-20(30)26-15-8-7-14(22)18(23)19(15)24/h4-10H,1-3H3,(H2,26,27,30). The average molecular weight is 413 g/mol. The number of amides is 2. The van der Waals surface area contributed by atoms with E-state index in [-0.39, 0.29) is 11.2 Å². The number of carbonyl (C=O) groups excluding carboxylic acids is 1. The molecule has 2 N–H and O–H groups in total. The number of urea groups is 1. The van der Waals surface area contributed by atoms with E-state index in [1.54, 1.807) is 30.3 Å². The molecule has 0 unspecified atom stereocenters. The Balaban J connectivity index is 1.95. The number of nitrogens with zero attached hydrogens (tertiary/aromatic N) is 3. The van der Waals surface area contributed by atoms with E-state index in [2.05, 4.69) is 15.7 Å². The number of halogens is 3. The molecule has 3 aromatic rings. The quantitative estimate of drug-likeness (QED) is 0.586. The Kier molecular flexibility index (Phi) is 5.52. The lowest BCUT2D eigenvalue weighted by Crippen LogP contribution is -2.22. The van der Waals surface area contributed by atoms with Gasteiger partial charge < -0.3 is 5.32 Å². The van der Waals surface area contributed by atoms with Crippen molar-refractivity contribution in [3.8, 4) is 11.8 Å². The molecule has 0 aliphatic rings. The van der Waals surface area contributed by atoms with Crippen molar-refractivity contribution < 1.29 is 18.0 Å². The highest BCUT2D eigenvalue weighted by molar-refractivity contribution is 5.99. The minimum absolute atomic E-state index is 0.246. The van der Waals surface area contributed by atoms with E-state index in [9.17, 15) is 18.0 Å². The van der Waals surface area contributed by atoms with Gasteiger partial charge in [0, 0.05) is 11.5 Å². The fourth-order valence-corrected chi connectivity index (χ4v) is 2.63. The van der Waals surface area contributed by atoms with E-state index in [0.717, 1.165) is 6.07 Å². The van der Waals surface area contributed by atoms with Gasteiger partial charge in [0.15, 0.2) is 17.5 Å². The van der Waals surface area contributed by atoms with E-state index in [1.807, 2.05) is 26.8 Å². The van der Waals surface area contributed by atoms with Crippen LogP contribution in [0.2, 0.25) is 0 Å². The van der Waals surface area contributed by atoms with Crippen molar-refractivity contribution in [1.82, 2.24) is 9.78 Å². The van der Waals surface area contributed by atoms with Gasteiger partial charge in [0.1, 0.15) is 5.82 Å². The van der Waals surface area contributed by atoms with Crippen LogP contribution in [-0.2, 0) is 5.41 Å². The average Bonchev–Trinajstić information content (AvgIpc) is 3.12. The topological polar surface area (TPSA) is 82.7 Å². The Morgan fingerprint density at radius 3 is 2.47 bits per heavy atom. The second-order valence-electron chi connectivity index (χ2n) is 7.54. The Morgan fingerprint density at radius 2 is 1.80 bits per heavy atom. The molecule has 2 aromatic carbocycles. The molecule has 1 aromatic heterocycles. The van der Waals surface area contributed by atoms with Crippen LogP contribution >= 0.6 is 0 Å². The summed E-state index contributed by atoms with van der Waals surface area (Å²) < 4.78 is 41.8. The molecule has 1 heterocycles. The van der Waals surface area contributed by atoms with Crippen LogP contribution in [0.25, 0.3) is 5.69 Å². The minimum atomic E-state index is -1.68. The lowest BCUT2D eigenvalue weighted by molar-refractivity contribution is 0.262. The maximum Gasteiger partial charge on any atom is 0.324 e. The third kappa shape index (κ3) is 4.27. The molecular formula is C21H18F3N5O. The number of nitriles is 1. The number of hydrogen-bond acceptors (Lipinski definition) is 3. The zero-order valence-electron chi connectivity index (χ0n) is 16.4. The SMILES string of the molecule is CC(C)(C)c1cc(NC(=O)Nc2ccc(F)c(F)c2F)n(-c2cccc(C#N)c2)n1. The predicted molar refractivity (Wildman–Crippen MR) is 106 cm³/mol. The van der Waals surface area contributed by atoms with Crippen molar-refractivity contribution in [2.24, 2.45) is 0 Å². The molecule has 6 nitrogen and oxygen atoms in total. The first kappa shape index (κ1) is 20.9. The third-order valence-electron chi connectivity index (χ3n) is 4.22. The number of rotatable bonds is 3. The molecule has 0 fully saturated rings. The number of anilines is 2. The predicted octanol–water partition coefficient (Wildman–Crippen LogP) is 5.10. The van der Waals surface area contributed by atoms with Crippen LogP contribution in [0.15, 0.2) is 42.5 Å². The summed E-state index contributed by atoms with van der Waals surface area (Å²) in [5.41, 5.74) is 0.717. The zero-order valence-corrected chi connectivity index (χ0v) is 16.4. The van der Waals surface area contributed by atoms with Crippen molar-refractivity contribution in [2.45, 2.75) is 26.2 Å². The van der Waals surface area contributed by atoms with Gasteiger partial charge in [-0.2, -0.15) is 10.4 Å². The van der Waals surface area contributed by atoms with Gasteiger partial charge in [-0.05, 0) is 30.3 Å². The van der Waals surface area contributed by atoms with Crippen LogP contribution in [-0.4, -0.2) is 15.8 Å². The molecule has 0 atom stereocenters. The molecule has 0 bridgehead atoms. The molecular weight excluding hydrogens is 395 g/mol. The molecule has 0 aliphatic heterocycles. The molecule has 0 spiro atoms. The largest absolute Gasteiger partial charge is 0.324 e. The second kappa shape index (κ2) is 7.91. The zero-order chi connectivity index (χ0) is 22.1. The van der Waals surface area contributed by atoms with Crippen molar-refractivity contribution >= 4 is 17.5 Å². The van der Waals surface area contributed by atoms with E-state index >= 15 is 0 Å². The van der Waals surface area contributed by atoms with Gasteiger partial charge in [-0.1, -0.05) is 26.8 Å². The van der Waals surface area contributed by atoms with Crippen LogP contribution in [0, 0.1) is 28.8 Å². The van der Waals surface area contributed by atoms with Crippen molar-refractivity contribution in [3.63, 3.8) is 0 Å². The Hall–Kier alpha value is -3.80. The summed E-state index contributed by atoms with van der Waals surface area (Å²) in [5.74, 6) is -4.30. The molecule has 154 valence electrons. The summed E-state index contributed by atoms with van der Waals surface area (Å²) in [6.07, 6.45) is 0. The lowest BCUT2D eigenvalue weighted by atomic mass is 9.92. The molecule has 9 heteroatoms. The lowest BCUT2D eigenvalue weighted by Gasteiger charge is -2.14. The number of carbonyl (C=O) groups is 1. The van der Waals surface area contributed by atoms with Crippen molar-refractivity contribution in [2.75, 3.05) is 10.6 Å². The maximum atomic E-state index is 13.8. The van der Waals surface area contributed by atoms with Crippen LogP contribution in [0.1, 0.15) is 32.0 Å². The monoisotopic (exact) mass is 413 g/mol. The Morgan fingerprint density at radius 1 is 1.07 bits per heavy atom. The van der Waals surface area contributed by atoms with Gasteiger partial charge in [0.05, 0.1) is 28.7 Å². The van der Waals surface area contributed by atoms with Gasteiger partial charge in [0.2, 0.25) is 0 Å². The summed E-state index contributed by atoms with van der Waals surface area (Å²) in [6, 6.07) is 11.0. The summed E-state index contributed by atoms with van der Waals surface area (Å²) in [5, 5.41) is 18.3. The Bertz CT molecular complexity index is 1160. The minimum Gasteiger partial charge on any atom is -0.305 e. The van der Waals surface area contributed by atoms with Crippen LogP contribution in [0.3, 0.4) is 0 Å². The van der Waals surface area contributed by atoms with E-state index < -0.39 is 29.2 Å². The highest BCUT2D eigenvalue weighted by atomic mass is 19.2. The van der Waals surface area contributed by atoms with Crippen LogP contribution < -0.4 is 10.6 Å². The maximum absolute atomic E-state index is 13.8. The fraction of sp³-hybridized carbons (Fsp3) is 0.190. The summed E-state index contributed by atoms with van der Waals surface area (Å²) in [7, 11) is 0. The number of nitrogens with one attached hydrogen (secondary N) is 2. The first-order valence-corrected chi connectivity index (χ1v) is 8.92. The highest BCUT2D eigenvalue weighted by Crippen LogP contribution is 2.27. The summed E-state index contributed by atoms with van der Waals surface area (Å²) in [4.78, 5) is 12.4. The normalized spacial score (nSPS) is 11.1. The first-order chi connectivity index (χ1) is 14.1. The number of benzene rings is 2. The van der Waals surface area contributed by atoms with Crippen molar-refractivity contribution in [1.29, 1.82) is 5.26 Å². The van der Waals surface area contributed by atoms with Gasteiger partial charge in [-0.3, -0.25) is 5.32 Å². The van der Waals surface area contributed by atoms with E-state index in [4.69, 9.17) is 5.26 Å². The first-order valence-electron chi connectivity index (χ1n) is 8.92. The van der Waals surface area contributed by atoms with Crippen molar-refractivity contribution in [3.05, 3.63) is 71.2 Å². The highest BCUT2D eigenvalue weighted by Gasteiger charge is 2.22. The fourth-order valence-electron chi connectivity index (χ4n) is 2.63. The van der Waals surface area contributed by atoms with Gasteiger partial charge in [-0.25, -0.2) is 22.6 Å². The molecule has 0 radical (unpaired) electrons. The molecule has 0 aliphatic carbocycles. The van der Waals surface area contributed by atoms with Gasteiger partial charge in [0.25, 0.3) is 0 Å². The summed E-state index contributed by atoms with van der Waals surface area (Å²) in [6.45, 7) is 5.81. The smallest absolute Gasteiger partial charge is 0.305 e. The number of hydrogen-bond donors (Lipinski definition) is 2. The second-order valence-corrected chi connectivity index (χ2v) is 7.54. The summed E-state index contributed by atoms with van der Waals surface area (Å²) >= 11 is 0. The molecule has 2 amide bonds. The van der Waals surface area contributed by atoms with Gasteiger partial charge in [-0.15, -0.1) is 0 Å². The van der Waals surface area contributed by atoms with E-state index in [1.165, 1.54) is 4.68 Å². The molecule has 3 rings (SSSR count).